The standard InChI is InChI=1S/C18H24O5/c1-4-7-15(19)16(11-10-12(2)3)23-18(22)14-9-6-5-8-13(14)17(20)21/h5-6,8-9,12,16H,4,7,10-11H2,1-3H3,(H,20,21). The van der Waals surface area contributed by atoms with Crippen LogP contribution in [0.4, 0.5) is 0 Å². The van der Waals surface area contributed by atoms with Gasteiger partial charge in [-0.3, -0.25) is 4.79 Å². The molecule has 1 atom stereocenters. The van der Waals surface area contributed by atoms with Crippen LogP contribution in [-0.2, 0) is 9.53 Å². The Kier molecular flexibility index (Phi) is 7.45. The number of benzene rings is 1. The zero-order valence-electron chi connectivity index (χ0n) is 13.9. The van der Waals surface area contributed by atoms with Crippen molar-refractivity contribution in [3.05, 3.63) is 35.4 Å². The zero-order valence-corrected chi connectivity index (χ0v) is 13.9. The lowest BCUT2D eigenvalue weighted by atomic mass is 10.00. The van der Waals surface area contributed by atoms with Crippen molar-refractivity contribution in [2.24, 2.45) is 5.92 Å². The van der Waals surface area contributed by atoms with E-state index in [1.807, 2.05) is 20.8 Å². The number of hydrogen-bond acceptors (Lipinski definition) is 4. The molecule has 1 aromatic rings. The van der Waals surface area contributed by atoms with Gasteiger partial charge in [0.05, 0.1) is 11.1 Å². The summed E-state index contributed by atoms with van der Waals surface area (Å²) >= 11 is 0. The summed E-state index contributed by atoms with van der Waals surface area (Å²) in [5.41, 5.74) is -0.151. The van der Waals surface area contributed by atoms with Crippen LogP contribution >= 0.6 is 0 Å². The molecule has 0 spiro atoms. The van der Waals surface area contributed by atoms with Gasteiger partial charge in [0.15, 0.2) is 11.9 Å². The second kappa shape index (κ2) is 9.08. The summed E-state index contributed by atoms with van der Waals surface area (Å²) in [6, 6.07) is 5.85. The summed E-state index contributed by atoms with van der Waals surface area (Å²) in [5, 5.41) is 9.14. The molecule has 23 heavy (non-hydrogen) atoms. The normalized spacial score (nSPS) is 12.0. The number of esters is 1. The molecule has 1 N–H and O–H groups in total. The third kappa shape index (κ3) is 5.85. The van der Waals surface area contributed by atoms with E-state index in [4.69, 9.17) is 9.84 Å². The highest BCUT2D eigenvalue weighted by molar-refractivity contribution is 6.03. The summed E-state index contributed by atoms with van der Waals surface area (Å²) in [5.74, 6) is -1.69. The summed E-state index contributed by atoms with van der Waals surface area (Å²) in [4.78, 5) is 35.6. The Morgan fingerprint density at radius 1 is 1.09 bits per heavy atom. The van der Waals surface area contributed by atoms with Gasteiger partial charge in [0.1, 0.15) is 0 Å². The van der Waals surface area contributed by atoms with Gasteiger partial charge in [-0.05, 0) is 37.3 Å². The molecule has 0 heterocycles. The predicted octanol–water partition coefficient (Wildman–Crippen LogP) is 3.72. The number of ketones is 1. The highest BCUT2D eigenvalue weighted by Crippen LogP contribution is 2.17. The molecule has 126 valence electrons. The smallest absolute Gasteiger partial charge is 0.339 e. The van der Waals surface area contributed by atoms with E-state index in [1.165, 1.54) is 12.1 Å². The summed E-state index contributed by atoms with van der Waals surface area (Å²) < 4.78 is 5.34. The molecule has 0 radical (unpaired) electrons. The number of carbonyl (C=O) groups is 3. The average Bonchev–Trinajstić information content (AvgIpc) is 2.51. The van der Waals surface area contributed by atoms with Crippen LogP contribution < -0.4 is 0 Å². The second-order valence-electron chi connectivity index (χ2n) is 5.93. The molecule has 0 saturated carbocycles. The molecule has 1 unspecified atom stereocenters. The van der Waals surface area contributed by atoms with Gasteiger partial charge in [-0.25, -0.2) is 9.59 Å². The van der Waals surface area contributed by atoms with Gasteiger partial charge >= 0.3 is 11.9 Å². The fourth-order valence-corrected chi connectivity index (χ4v) is 2.22. The molecule has 0 fully saturated rings. The Hall–Kier alpha value is -2.17. The number of carbonyl (C=O) groups excluding carboxylic acids is 2. The van der Waals surface area contributed by atoms with Crippen LogP contribution in [0.15, 0.2) is 24.3 Å². The predicted molar refractivity (Wildman–Crippen MR) is 86.6 cm³/mol. The van der Waals surface area contributed by atoms with Crippen LogP contribution in [0.25, 0.3) is 0 Å². The first-order valence-corrected chi connectivity index (χ1v) is 7.92. The molecule has 0 aliphatic carbocycles. The fourth-order valence-electron chi connectivity index (χ4n) is 2.22. The third-order valence-corrected chi connectivity index (χ3v) is 3.49. The van der Waals surface area contributed by atoms with E-state index in [0.29, 0.717) is 25.2 Å². The van der Waals surface area contributed by atoms with Crippen molar-refractivity contribution in [2.45, 2.75) is 52.6 Å². The van der Waals surface area contributed by atoms with Gasteiger partial charge in [0.2, 0.25) is 0 Å². The minimum absolute atomic E-state index is 0.0288. The van der Waals surface area contributed by atoms with Crippen molar-refractivity contribution < 1.29 is 24.2 Å². The molecule has 0 bridgehead atoms. The molecule has 0 saturated heterocycles. The number of rotatable bonds is 9. The number of carboxylic acids is 1. The number of ether oxygens (including phenoxy) is 1. The van der Waals surface area contributed by atoms with Crippen molar-refractivity contribution in [1.29, 1.82) is 0 Å². The van der Waals surface area contributed by atoms with Gasteiger partial charge < -0.3 is 9.84 Å². The van der Waals surface area contributed by atoms with Crippen LogP contribution in [0.5, 0.6) is 0 Å². The molecule has 0 aliphatic rings. The monoisotopic (exact) mass is 320 g/mol. The van der Waals surface area contributed by atoms with Crippen LogP contribution in [0.1, 0.15) is 67.2 Å². The molecular formula is C18H24O5. The van der Waals surface area contributed by atoms with E-state index in [-0.39, 0.29) is 16.9 Å². The van der Waals surface area contributed by atoms with Gasteiger partial charge in [0.25, 0.3) is 0 Å². The second-order valence-corrected chi connectivity index (χ2v) is 5.93. The van der Waals surface area contributed by atoms with E-state index >= 15 is 0 Å². The molecule has 0 aliphatic heterocycles. The highest BCUT2D eigenvalue weighted by atomic mass is 16.5. The number of Topliss-reactive ketones (excluding diaryl/α,β-unsaturated/α-hetero) is 1. The van der Waals surface area contributed by atoms with Crippen molar-refractivity contribution in [3.8, 4) is 0 Å². The van der Waals surface area contributed by atoms with E-state index in [0.717, 1.165) is 6.42 Å². The largest absolute Gasteiger partial charge is 0.478 e. The highest BCUT2D eigenvalue weighted by Gasteiger charge is 2.25. The fraction of sp³-hybridized carbons (Fsp3) is 0.500. The van der Waals surface area contributed by atoms with E-state index < -0.39 is 18.0 Å². The lowest BCUT2D eigenvalue weighted by molar-refractivity contribution is -0.128. The third-order valence-electron chi connectivity index (χ3n) is 3.49. The maximum absolute atomic E-state index is 12.3. The Bertz CT molecular complexity index is 562. The molecule has 0 amide bonds. The van der Waals surface area contributed by atoms with Crippen molar-refractivity contribution in [3.63, 3.8) is 0 Å². The van der Waals surface area contributed by atoms with Gasteiger partial charge in [-0.15, -0.1) is 0 Å². The van der Waals surface area contributed by atoms with Crippen molar-refractivity contribution in [1.82, 2.24) is 0 Å². The van der Waals surface area contributed by atoms with Crippen LogP contribution in [0, 0.1) is 5.92 Å². The molecule has 1 aromatic carbocycles. The number of carboxylic acid groups (broad SMARTS) is 1. The Morgan fingerprint density at radius 2 is 1.70 bits per heavy atom. The lowest BCUT2D eigenvalue weighted by Gasteiger charge is -2.18. The quantitative estimate of drug-likeness (QED) is 0.701. The lowest BCUT2D eigenvalue weighted by Crippen LogP contribution is -2.28. The van der Waals surface area contributed by atoms with Crippen LogP contribution in [-0.4, -0.2) is 28.9 Å². The Morgan fingerprint density at radius 3 is 2.22 bits per heavy atom. The van der Waals surface area contributed by atoms with Gasteiger partial charge in [-0.1, -0.05) is 32.9 Å². The number of hydrogen-bond donors (Lipinski definition) is 1. The van der Waals surface area contributed by atoms with Crippen molar-refractivity contribution >= 4 is 17.7 Å². The number of aromatic carboxylic acids is 1. The molecule has 1 rings (SSSR count). The minimum atomic E-state index is -1.20. The van der Waals surface area contributed by atoms with Crippen molar-refractivity contribution in [2.75, 3.05) is 0 Å². The SMILES string of the molecule is CCCC(=O)C(CCC(C)C)OC(=O)c1ccccc1C(=O)O. The summed E-state index contributed by atoms with van der Waals surface area (Å²) in [6.45, 7) is 5.95. The molecular weight excluding hydrogens is 296 g/mol. The average molecular weight is 320 g/mol. The van der Waals surface area contributed by atoms with Crippen LogP contribution in [0.2, 0.25) is 0 Å². The minimum Gasteiger partial charge on any atom is -0.478 e. The van der Waals surface area contributed by atoms with Gasteiger partial charge in [0, 0.05) is 6.42 Å². The van der Waals surface area contributed by atoms with E-state index in [1.54, 1.807) is 12.1 Å². The van der Waals surface area contributed by atoms with E-state index in [9.17, 15) is 14.4 Å². The van der Waals surface area contributed by atoms with E-state index in [2.05, 4.69) is 0 Å². The molecule has 5 heteroatoms. The van der Waals surface area contributed by atoms with Gasteiger partial charge in [-0.2, -0.15) is 0 Å². The first kappa shape index (κ1) is 18.9. The summed E-state index contributed by atoms with van der Waals surface area (Å²) in [7, 11) is 0. The topological polar surface area (TPSA) is 80.7 Å². The zero-order chi connectivity index (χ0) is 17.4. The summed E-state index contributed by atoms with van der Waals surface area (Å²) in [6.07, 6.45) is 1.43. The Balaban J connectivity index is 2.92. The maximum Gasteiger partial charge on any atom is 0.339 e. The first-order valence-electron chi connectivity index (χ1n) is 7.92. The Labute approximate surface area is 136 Å². The molecule has 5 nitrogen and oxygen atoms in total. The van der Waals surface area contributed by atoms with Crippen LogP contribution in [0.3, 0.4) is 0 Å². The first-order chi connectivity index (χ1) is 10.9. The maximum atomic E-state index is 12.3. The molecule has 0 aromatic heterocycles.